The summed E-state index contributed by atoms with van der Waals surface area (Å²) in [5.74, 6) is -0.277. The molecule has 1 heterocycles. The zero-order valence-corrected chi connectivity index (χ0v) is 15.8. The van der Waals surface area contributed by atoms with Gasteiger partial charge < -0.3 is 5.32 Å². The number of nitrogens with one attached hydrogen (secondary N) is 1. The van der Waals surface area contributed by atoms with Crippen LogP contribution >= 0.6 is 11.8 Å². The van der Waals surface area contributed by atoms with E-state index < -0.39 is 0 Å². The van der Waals surface area contributed by atoms with Crippen molar-refractivity contribution in [3.05, 3.63) is 72.3 Å². The van der Waals surface area contributed by atoms with Gasteiger partial charge in [-0.05, 0) is 24.1 Å². The molecule has 0 bridgehead atoms. The maximum Gasteiger partial charge on any atom is 0.230 e. The number of amides is 1. The van der Waals surface area contributed by atoms with Crippen molar-refractivity contribution in [2.45, 2.75) is 31.0 Å². The molecule has 0 unspecified atom stereocenters. The van der Waals surface area contributed by atoms with Crippen LogP contribution in [0.2, 0.25) is 0 Å². The lowest BCUT2D eigenvalue weighted by molar-refractivity contribution is -0.119. The molecule has 0 aliphatic carbocycles. The molecule has 1 N–H and O–H groups in total. The Morgan fingerprint density at radius 1 is 1.19 bits per heavy atom. The predicted molar refractivity (Wildman–Crippen MR) is 104 cm³/mol. The van der Waals surface area contributed by atoms with E-state index in [2.05, 4.69) is 22.4 Å². The molecule has 5 nitrogen and oxygen atoms in total. The van der Waals surface area contributed by atoms with Crippen LogP contribution in [-0.2, 0) is 4.79 Å². The van der Waals surface area contributed by atoms with Crippen molar-refractivity contribution < 1.29 is 9.18 Å². The van der Waals surface area contributed by atoms with Gasteiger partial charge in [-0.2, -0.15) is 0 Å². The molecule has 2 aromatic carbocycles. The summed E-state index contributed by atoms with van der Waals surface area (Å²) in [5, 5.41) is 11.4. The standard InChI is InChI=1S/C20H21FN4OS/c1-2-8-17(15-9-4-3-5-10-15)23-19(26)13-27-20-24-22-14-25(20)18-12-7-6-11-16(18)21/h3-7,9-12,14,17H,2,8,13H2,1H3,(H,23,26)/t17-/m1/s1. The smallest absolute Gasteiger partial charge is 0.230 e. The maximum atomic E-state index is 14.0. The van der Waals surface area contributed by atoms with Gasteiger partial charge in [-0.1, -0.05) is 67.6 Å². The fraction of sp³-hybridized carbons (Fsp3) is 0.250. The number of aromatic nitrogens is 3. The Balaban J connectivity index is 1.64. The summed E-state index contributed by atoms with van der Waals surface area (Å²) < 4.78 is 15.6. The molecule has 0 radical (unpaired) electrons. The average molecular weight is 384 g/mol. The molecule has 1 amide bonds. The minimum atomic E-state index is -0.365. The lowest BCUT2D eigenvalue weighted by atomic mass is 10.0. The van der Waals surface area contributed by atoms with Gasteiger partial charge in [0.2, 0.25) is 5.91 Å². The van der Waals surface area contributed by atoms with E-state index >= 15 is 0 Å². The number of carbonyl (C=O) groups is 1. The van der Waals surface area contributed by atoms with Crippen molar-refractivity contribution in [2.75, 3.05) is 5.75 Å². The summed E-state index contributed by atoms with van der Waals surface area (Å²) in [6.07, 6.45) is 3.28. The second-order valence-electron chi connectivity index (χ2n) is 6.04. The van der Waals surface area contributed by atoms with Crippen molar-refractivity contribution >= 4 is 17.7 Å². The number of hydrogen-bond donors (Lipinski definition) is 1. The van der Waals surface area contributed by atoms with E-state index in [9.17, 15) is 9.18 Å². The van der Waals surface area contributed by atoms with E-state index in [4.69, 9.17) is 0 Å². The van der Waals surface area contributed by atoms with Gasteiger partial charge in [0.05, 0.1) is 17.5 Å². The summed E-state index contributed by atoms with van der Waals surface area (Å²) >= 11 is 1.23. The van der Waals surface area contributed by atoms with E-state index in [0.717, 1.165) is 18.4 Å². The molecule has 0 spiro atoms. The number of nitrogens with zero attached hydrogens (tertiary/aromatic N) is 3. The highest BCUT2D eigenvalue weighted by Gasteiger charge is 2.16. The second-order valence-corrected chi connectivity index (χ2v) is 6.99. The van der Waals surface area contributed by atoms with Gasteiger partial charge in [0.25, 0.3) is 0 Å². The van der Waals surface area contributed by atoms with E-state index in [1.165, 1.54) is 24.2 Å². The summed E-state index contributed by atoms with van der Waals surface area (Å²) in [7, 11) is 0. The highest BCUT2D eigenvalue weighted by molar-refractivity contribution is 7.99. The minimum absolute atomic E-state index is 0.0197. The van der Waals surface area contributed by atoms with Gasteiger partial charge in [0.1, 0.15) is 12.1 Å². The van der Waals surface area contributed by atoms with Crippen LogP contribution in [0.1, 0.15) is 31.4 Å². The van der Waals surface area contributed by atoms with Crippen molar-refractivity contribution in [1.29, 1.82) is 0 Å². The van der Waals surface area contributed by atoms with Crippen LogP contribution in [0, 0.1) is 5.82 Å². The quantitative estimate of drug-likeness (QED) is 0.593. The van der Waals surface area contributed by atoms with Gasteiger partial charge in [-0.25, -0.2) is 4.39 Å². The Morgan fingerprint density at radius 2 is 1.93 bits per heavy atom. The number of hydrogen-bond acceptors (Lipinski definition) is 4. The number of carbonyl (C=O) groups excluding carboxylic acids is 1. The van der Waals surface area contributed by atoms with E-state index in [1.807, 2.05) is 30.3 Å². The van der Waals surface area contributed by atoms with E-state index in [-0.39, 0.29) is 23.5 Å². The molecule has 1 aromatic heterocycles. The Hall–Kier alpha value is -2.67. The number of para-hydroxylation sites is 1. The van der Waals surface area contributed by atoms with Crippen LogP contribution in [0.25, 0.3) is 5.69 Å². The zero-order valence-electron chi connectivity index (χ0n) is 15.0. The Bertz CT molecular complexity index is 884. The predicted octanol–water partition coefficient (Wildman–Crippen LogP) is 4.16. The van der Waals surface area contributed by atoms with Gasteiger partial charge >= 0.3 is 0 Å². The Kier molecular flexibility index (Phi) is 6.59. The summed E-state index contributed by atoms with van der Waals surface area (Å²) in [5.41, 5.74) is 1.45. The largest absolute Gasteiger partial charge is 0.349 e. The molecular weight excluding hydrogens is 363 g/mol. The third-order valence-electron chi connectivity index (χ3n) is 4.08. The molecule has 140 valence electrons. The number of thioether (sulfide) groups is 1. The lowest BCUT2D eigenvalue weighted by Gasteiger charge is -2.18. The first-order valence-electron chi connectivity index (χ1n) is 8.81. The molecule has 0 aliphatic heterocycles. The first-order chi connectivity index (χ1) is 13.2. The normalized spacial score (nSPS) is 11.9. The molecular formula is C20H21FN4OS. The second kappa shape index (κ2) is 9.32. The van der Waals surface area contributed by atoms with Crippen molar-refractivity contribution in [3.63, 3.8) is 0 Å². The van der Waals surface area contributed by atoms with Gasteiger partial charge in [0.15, 0.2) is 5.16 Å². The van der Waals surface area contributed by atoms with E-state index in [1.54, 1.807) is 22.8 Å². The fourth-order valence-corrected chi connectivity index (χ4v) is 3.53. The van der Waals surface area contributed by atoms with Crippen LogP contribution in [0.4, 0.5) is 4.39 Å². The topological polar surface area (TPSA) is 59.8 Å². The van der Waals surface area contributed by atoms with Crippen molar-refractivity contribution in [2.24, 2.45) is 0 Å². The Labute approximate surface area is 162 Å². The van der Waals surface area contributed by atoms with Gasteiger partial charge in [-0.15, -0.1) is 10.2 Å². The van der Waals surface area contributed by atoms with Crippen LogP contribution < -0.4 is 5.32 Å². The molecule has 0 saturated heterocycles. The molecule has 0 fully saturated rings. The summed E-state index contributed by atoms with van der Waals surface area (Å²) in [6.45, 7) is 2.09. The molecule has 0 aliphatic rings. The fourth-order valence-electron chi connectivity index (χ4n) is 2.80. The van der Waals surface area contributed by atoms with Crippen LogP contribution in [0.5, 0.6) is 0 Å². The van der Waals surface area contributed by atoms with Gasteiger partial charge in [-0.3, -0.25) is 9.36 Å². The summed E-state index contributed by atoms with van der Waals surface area (Å²) in [6, 6.07) is 16.3. The summed E-state index contributed by atoms with van der Waals surface area (Å²) in [4.78, 5) is 12.4. The first kappa shape index (κ1) is 19.1. The lowest BCUT2D eigenvalue weighted by Crippen LogP contribution is -2.30. The van der Waals surface area contributed by atoms with Gasteiger partial charge in [0, 0.05) is 0 Å². The zero-order chi connectivity index (χ0) is 19.1. The Morgan fingerprint density at radius 3 is 2.67 bits per heavy atom. The highest BCUT2D eigenvalue weighted by atomic mass is 32.2. The molecule has 7 heteroatoms. The van der Waals surface area contributed by atoms with E-state index in [0.29, 0.717) is 10.8 Å². The van der Waals surface area contributed by atoms with Crippen molar-refractivity contribution in [3.8, 4) is 5.69 Å². The number of benzene rings is 2. The molecule has 0 saturated carbocycles. The molecule has 3 aromatic rings. The minimum Gasteiger partial charge on any atom is -0.349 e. The molecule has 27 heavy (non-hydrogen) atoms. The first-order valence-corrected chi connectivity index (χ1v) is 9.79. The van der Waals surface area contributed by atoms with Crippen LogP contribution in [0.15, 0.2) is 66.1 Å². The maximum absolute atomic E-state index is 14.0. The van der Waals surface area contributed by atoms with Crippen LogP contribution in [0.3, 0.4) is 0 Å². The third-order valence-corrected chi connectivity index (χ3v) is 5.02. The molecule has 3 rings (SSSR count). The average Bonchev–Trinajstić information content (AvgIpc) is 3.15. The number of rotatable bonds is 8. The monoisotopic (exact) mass is 384 g/mol. The SMILES string of the molecule is CCC[C@@H](NC(=O)CSc1nncn1-c1ccccc1F)c1ccccc1. The third kappa shape index (κ3) is 4.95. The number of halogens is 1. The molecule has 1 atom stereocenters. The van der Waals surface area contributed by atoms with Crippen LogP contribution in [-0.4, -0.2) is 26.4 Å². The van der Waals surface area contributed by atoms with Crippen molar-refractivity contribution in [1.82, 2.24) is 20.1 Å². The highest BCUT2D eigenvalue weighted by Crippen LogP contribution is 2.22.